The van der Waals surface area contributed by atoms with Gasteiger partial charge in [-0.25, -0.2) is 4.98 Å². The number of pyridine rings is 1. The minimum absolute atomic E-state index is 0.193. The van der Waals surface area contributed by atoms with Gasteiger partial charge in [0.15, 0.2) is 0 Å². The van der Waals surface area contributed by atoms with Gasteiger partial charge in [-0.1, -0.05) is 36.4 Å². The molecule has 1 heterocycles. The lowest BCUT2D eigenvalue weighted by molar-refractivity contribution is 0.474. The second kappa shape index (κ2) is 8.32. The summed E-state index contributed by atoms with van der Waals surface area (Å²) in [6, 6.07) is 27.9. The van der Waals surface area contributed by atoms with Crippen LogP contribution in [0.1, 0.15) is 11.1 Å². The van der Waals surface area contributed by atoms with E-state index < -0.39 is 0 Å². The van der Waals surface area contributed by atoms with Gasteiger partial charge in [-0.15, -0.1) is 0 Å². The Hall–Kier alpha value is -4.51. The SMILES string of the molecule is Oc1ccccc1C=Nc1ccc2cc3ccc(N=Cc4ccccc4O)cc3nc2c1. The fourth-order valence-corrected chi connectivity index (χ4v) is 3.44. The van der Waals surface area contributed by atoms with Crippen molar-refractivity contribution in [3.05, 3.63) is 102 Å². The molecular weight excluding hydrogens is 398 g/mol. The van der Waals surface area contributed by atoms with E-state index in [9.17, 15) is 10.2 Å². The molecule has 0 fully saturated rings. The van der Waals surface area contributed by atoms with E-state index in [-0.39, 0.29) is 11.5 Å². The second-order valence-corrected chi connectivity index (χ2v) is 7.38. The summed E-state index contributed by atoms with van der Waals surface area (Å²) in [7, 11) is 0. The molecule has 5 rings (SSSR count). The molecule has 32 heavy (non-hydrogen) atoms. The average molecular weight is 417 g/mol. The van der Waals surface area contributed by atoms with Crippen LogP contribution in [-0.2, 0) is 0 Å². The van der Waals surface area contributed by atoms with Crippen molar-refractivity contribution in [1.29, 1.82) is 0 Å². The highest BCUT2D eigenvalue weighted by molar-refractivity contribution is 5.96. The zero-order chi connectivity index (χ0) is 21.9. The average Bonchev–Trinajstić information content (AvgIpc) is 2.81. The van der Waals surface area contributed by atoms with E-state index in [0.717, 1.165) is 33.2 Å². The lowest BCUT2D eigenvalue weighted by Crippen LogP contribution is -1.84. The van der Waals surface area contributed by atoms with Gasteiger partial charge in [0.1, 0.15) is 11.5 Å². The highest BCUT2D eigenvalue weighted by Gasteiger charge is 2.03. The Morgan fingerprint density at radius 2 is 1.03 bits per heavy atom. The largest absolute Gasteiger partial charge is 0.507 e. The van der Waals surface area contributed by atoms with E-state index in [1.807, 2.05) is 60.7 Å². The van der Waals surface area contributed by atoms with Crippen LogP contribution in [0.15, 0.2) is 101 Å². The van der Waals surface area contributed by atoms with Crippen LogP contribution in [0.25, 0.3) is 21.8 Å². The smallest absolute Gasteiger partial charge is 0.124 e. The van der Waals surface area contributed by atoms with Crippen LogP contribution in [0.3, 0.4) is 0 Å². The zero-order valence-electron chi connectivity index (χ0n) is 17.1. The summed E-state index contributed by atoms with van der Waals surface area (Å²) in [5, 5.41) is 21.9. The van der Waals surface area contributed by atoms with Gasteiger partial charge in [-0.05, 0) is 54.6 Å². The molecule has 0 saturated carbocycles. The zero-order valence-corrected chi connectivity index (χ0v) is 17.1. The van der Waals surface area contributed by atoms with Gasteiger partial charge in [-0.2, -0.15) is 0 Å². The lowest BCUT2D eigenvalue weighted by atomic mass is 10.1. The molecule has 0 amide bonds. The monoisotopic (exact) mass is 417 g/mol. The molecule has 0 saturated heterocycles. The van der Waals surface area contributed by atoms with Crippen LogP contribution in [0.4, 0.5) is 11.4 Å². The minimum atomic E-state index is 0.193. The number of phenols is 2. The highest BCUT2D eigenvalue weighted by atomic mass is 16.3. The van der Waals surface area contributed by atoms with Crippen LogP contribution < -0.4 is 0 Å². The number of para-hydroxylation sites is 2. The Balaban J connectivity index is 1.48. The van der Waals surface area contributed by atoms with E-state index in [4.69, 9.17) is 4.98 Å². The van der Waals surface area contributed by atoms with Gasteiger partial charge >= 0.3 is 0 Å². The van der Waals surface area contributed by atoms with Crippen molar-refractivity contribution < 1.29 is 10.2 Å². The molecule has 0 aliphatic carbocycles. The maximum atomic E-state index is 9.91. The number of aliphatic imine (C=N–C) groups is 2. The third-order valence-electron chi connectivity index (χ3n) is 5.16. The first-order chi connectivity index (χ1) is 15.7. The van der Waals surface area contributed by atoms with Crippen molar-refractivity contribution in [2.24, 2.45) is 9.98 Å². The maximum absolute atomic E-state index is 9.91. The Morgan fingerprint density at radius 1 is 0.562 bits per heavy atom. The van der Waals surface area contributed by atoms with Crippen molar-refractivity contribution in [1.82, 2.24) is 4.98 Å². The van der Waals surface area contributed by atoms with E-state index in [2.05, 4.69) is 16.1 Å². The topological polar surface area (TPSA) is 78.1 Å². The number of aromatic hydroxyl groups is 2. The first kappa shape index (κ1) is 19.5. The molecule has 5 aromatic rings. The maximum Gasteiger partial charge on any atom is 0.124 e. The number of nitrogens with zero attached hydrogens (tertiary/aromatic N) is 3. The molecule has 2 N–H and O–H groups in total. The first-order valence-electron chi connectivity index (χ1n) is 10.1. The molecule has 5 heteroatoms. The fourth-order valence-electron chi connectivity index (χ4n) is 3.44. The Bertz CT molecular complexity index is 1400. The summed E-state index contributed by atoms with van der Waals surface area (Å²) in [6.45, 7) is 0. The molecule has 1 aromatic heterocycles. The normalized spacial score (nSPS) is 11.8. The number of aromatic nitrogens is 1. The van der Waals surface area contributed by atoms with Gasteiger partial charge in [0, 0.05) is 34.3 Å². The first-order valence-corrected chi connectivity index (χ1v) is 10.1. The quantitative estimate of drug-likeness (QED) is 0.266. The third-order valence-corrected chi connectivity index (χ3v) is 5.16. The summed E-state index contributed by atoms with van der Waals surface area (Å²) in [4.78, 5) is 13.8. The molecule has 0 aliphatic heterocycles. The van der Waals surface area contributed by atoms with Crippen molar-refractivity contribution >= 4 is 45.6 Å². The molecule has 0 spiro atoms. The summed E-state index contributed by atoms with van der Waals surface area (Å²) < 4.78 is 0. The predicted molar refractivity (Wildman–Crippen MR) is 130 cm³/mol. The van der Waals surface area contributed by atoms with Crippen molar-refractivity contribution in [2.45, 2.75) is 0 Å². The summed E-state index contributed by atoms with van der Waals surface area (Å²) in [5.41, 5.74) is 4.47. The molecule has 0 atom stereocenters. The number of hydrogen-bond acceptors (Lipinski definition) is 5. The molecule has 5 nitrogen and oxygen atoms in total. The van der Waals surface area contributed by atoms with E-state index >= 15 is 0 Å². The van der Waals surface area contributed by atoms with Gasteiger partial charge in [0.25, 0.3) is 0 Å². The minimum Gasteiger partial charge on any atom is -0.507 e. The summed E-state index contributed by atoms with van der Waals surface area (Å²) in [6.07, 6.45) is 3.28. The molecular formula is C27H19N3O2. The number of rotatable bonds is 4. The second-order valence-electron chi connectivity index (χ2n) is 7.38. The predicted octanol–water partition coefficient (Wildman–Crippen LogP) is 6.30. The van der Waals surface area contributed by atoms with Crippen LogP contribution in [0.5, 0.6) is 11.5 Å². The molecule has 0 unspecified atom stereocenters. The van der Waals surface area contributed by atoms with Gasteiger partial charge < -0.3 is 10.2 Å². The highest BCUT2D eigenvalue weighted by Crippen LogP contribution is 2.27. The van der Waals surface area contributed by atoms with Crippen molar-refractivity contribution in [2.75, 3.05) is 0 Å². The number of benzene rings is 4. The molecule has 154 valence electrons. The lowest BCUT2D eigenvalue weighted by Gasteiger charge is -2.04. The Labute approximate surface area is 184 Å². The molecule has 0 radical (unpaired) electrons. The van der Waals surface area contributed by atoms with Crippen LogP contribution >= 0.6 is 0 Å². The van der Waals surface area contributed by atoms with Crippen molar-refractivity contribution in [3.8, 4) is 11.5 Å². The van der Waals surface area contributed by atoms with E-state index in [1.165, 1.54) is 0 Å². The van der Waals surface area contributed by atoms with Gasteiger partial charge in [0.2, 0.25) is 0 Å². The number of fused-ring (bicyclic) bond motifs is 2. The van der Waals surface area contributed by atoms with Crippen LogP contribution in [0.2, 0.25) is 0 Å². The van der Waals surface area contributed by atoms with Crippen molar-refractivity contribution in [3.63, 3.8) is 0 Å². The Morgan fingerprint density at radius 3 is 1.50 bits per heavy atom. The number of hydrogen-bond donors (Lipinski definition) is 2. The van der Waals surface area contributed by atoms with Crippen LogP contribution in [0, 0.1) is 0 Å². The van der Waals surface area contributed by atoms with Gasteiger partial charge in [0.05, 0.1) is 22.4 Å². The van der Waals surface area contributed by atoms with Crippen LogP contribution in [-0.4, -0.2) is 27.6 Å². The third kappa shape index (κ3) is 4.04. The Kier molecular flexibility index (Phi) is 5.06. The molecule has 0 bridgehead atoms. The fraction of sp³-hybridized carbons (Fsp3) is 0. The van der Waals surface area contributed by atoms with E-state index in [1.54, 1.807) is 36.7 Å². The number of phenolic OH excluding ortho intramolecular Hbond substituents is 2. The standard InChI is InChI=1S/C27H19N3O2/c31-26-7-3-1-5-20(26)16-28-22-11-9-18-13-19-10-12-23(15-25(19)30-24(18)14-22)29-17-21-6-2-4-8-27(21)32/h1-17,31-32H. The summed E-state index contributed by atoms with van der Waals surface area (Å²) >= 11 is 0. The molecule has 0 aliphatic rings. The molecule has 4 aromatic carbocycles. The van der Waals surface area contributed by atoms with E-state index in [0.29, 0.717) is 11.1 Å². The van der Waals surface area contributed by atoms with Gasteiger partial charge in [-0.3, -0.25) is 9.98 Å². The summed E-state index contributed by atoms with van der Waals surface area (Å²) in [5.74, 6) is 0.385.